The molecule has 1 fully saturated rings. The maximum atomic E-state index is 15.0. The molecule has 1 aliphatic rings. The molecule has 0 saturated carbocycles. The number of hydrogen-bond donors (Lipinski definition) is 2. The summed E-state index contributed by atoms with van der Waals surface area (Å²) < 4.78 is 63.1. The molecule has 1 saturated heterocycles. The summed E-state index contributed by atoms with van der Waals surface area (Å²) in [5.74, 6) is -1.58. The maximum absolute atomic E-state index is 15.0. The standard InChI is InChI=1S/C21H23F2N7O3S2/c1-33-21(34)25-12-15-13-30(27-26-15)16-10-18(22)20(19(23)11-16)28-5-7-29(8-6-28)35(31,32)17-4-2-3-14(24)9-17/h2-4,9-11,13H,5-8,12,24H2,1H3,(H,25,34). The highest BCUT2D eigenvalue weighted by molar-refractivity contribution is 7.89. The molecule has 14 heteroatoms. The van der Waals surface area contributed by atoms with Crippen LogP contribution in [0.3, 0.4) is 0 Å². The lowest BCUT2D eigenvalue weighted by Crippen LogP contribution is -2.49. The molecule has 0 aliphatic carbocycles. The first kappa shape index (κ1) is 24.8. The first-order chi connectivity index (χ1) is 16.7. The Balaban J connectivity index is 1.46. The Morgan fingerprint density at radius 3 is 2.49 bits per heavy atom. The van der Waals surface area contributed by atoms with Gasteiger partial charge in [-0.25, -0.2) is 21.9 Å². The Bertz CT molecular complexity index is 1320. The van der Waals surface area contributed by atoms with Gasteiger partial charge in [-0.05, 0) is 30.4 Å². The van der Waals surface area contributed by atoms with E-state index < -0.39 is 21.7 Å². The lowest BCUT2D eigenvalue weighted by atomic mass is 10.2. The minimum Gasteiger partial charge on any atom is -0.474 e. The van der Waals surface area contributed by atoms with Gasteiger partial charge in [0.2, 0.25) is 10.0 Å². The van der Waals surface area contributed by atoms with Crippen molar-refractivity contribution >= 4 is 38.8 Å². The predicted molar refractivity (Wildman–Crippen MR) is 130 cm³/mol. The number of halogens is 2. The third-order valence-corrected chi connectivity index (χ3v) is 7.66. The number of methoxy groups -OCH3 is 1. The van der Waals surface area contributed by atoms with E-state index in [4.69, 9.17) is 22.7 Å². The molecule has 0 radical (unpaired) electrons. The van der Waals surface area contributed by atoms with Gasteiger partial charge in [0.05, 0.1) is 30.4 Å². The molecule has 2 aromatic carbocycles. The Hall–Kier alpha value is -3.36. The van der Waals surface area contributed by atoms with E-state index in [0.717, 1.165) is 12.1 Å². The quantitative estimate of drug-likeness (QED) is 0.367. The van der Waals surface area contributed by atoms with E-state index in [2.05, 4.69) is 15.6 Å². The lowest BCUT2D eigenvalue weighted by Gasteiger charge is -2.35. The third-order valence-electron chi connectivity index (χ3n) is 5.46. The van der Waals surface area contributed by atoms with Gasteiger partial charge in [-0.2, -0.15) is 4.31 Å². The van der Waals surface area contributed by atoms with Gasteiger partial charge in [-0.3, -0.25) is 0 Å². The molecular weight excluding hydrogens is 500 g/mol. The fourth-order valence-corrected chi connectivity index (χ4v) is 5.25. The number of hydrogen-bond acceptors (Lipinski definition) is 8. The molecule has 1 aliphatic heterocycles. The molecular formula is C21H23F2N7O3S2. The Morgan fingerprint density at radius 1 is 1.17 bits per heavy atom. The van der Waals surface area contributed by atoms with Crippen molar-refractivity contribution in [2.45, 2.75) is 11.4 Å². The van der Waals surface area contributed by atoms with Crippen LogP contribution >= 0.6 is 12.2 Å². The minimum absolute atomic E-state index is 0.0700. The number of nitrogens with two attached hydrogens (primary N) is 1. The fourth-order valence-electron chi connectivity index (χ4n) is 3.70. The highest BCUT2D eigenvalue weighted by atomic mass is 32.2. The van der Waals surface area contributed by atoms with Crippen molar-refractivity contribution in [3.05, 3.63) is 59.9 Å². The van der Waals surface area contributed by atoms with E-state index in [0.29, 0.717) is 11.4 Å². The summed E-state index contributed by atoms with van der Waals surface area (Å²) in [6.45, 7) is 0.611. The molecule has 10 nitrogen and oxygen atoms in total. The number of sulfonamides is 1. The zero-order chi connectivity index (χ0) is 25.2. The number of ether oxygens (including phenoxy) is 1. The number of nitrogens with one attached hydrogen (secondary N) is 1. The normalized spacial score (nSPS) is 14.7. The molecule has 35 heavy (non-hydrogen) atoms. The molecule has 3 N–H and O–H groups in total. The van der Waals surface area contributed by atoms with E-state index in [1.54, 1.807) is 12.1 Å². The highest BCUT2D eigenvalue weighted by Gasteiger charge is 2.30. The molecule has 0 amide bonds. The van der Waals surface area contributed by atoms with Crippen LogP contribution in [0.4, 0.5) is 20.2 Å². The van der Waals surface area contributed by atoms with Crippen LogP contribution in [0.2, 0.25) is 0 Å². The van der Waals surface area contributed by atoms with Crippen molar-refractivity contribution in [1.29, 1.82) is 0 Å². The summed E-state index contributed by atoms with van der Waals surface area (Å²) in [7, 11) is -2.34. The Kier molecular flexibility index (Phi) is 7.14. The monoisotopic (exact) mass is 523 g/mol. The molecule has 3 aromatic rings. The van der Waals surface area contributed by atoms with Gasteiger partial charge in [0.1, 0.15) is 11.4 Å². The van der Waals surface area contributed by atoms with Crippen molar-refractivity contribution < 1.29 is 21.9 Å². The van der Waals surface area contributed by atoms with Crippen LogP contribution in [0, 0.1) is 11.6 Å². The lowest BCUT2D eigenvalue weighted by molar-refractivity contribution is 0.381. The summed E-state index contributed by atoms with van der Waals surface area (Å²) in [4.78, 5) is 1.57. The zero-order valence-corrected chi connectivity index (χ0v) is 20.3. The summed E-state index contributed by atoms with van der Waals surface area (Å²) in [5.41, 5.74) is 6.47. The van der Waals surface area contributed by atoms with Crippen LogP contribution in [0.25, 0.3) is 5.69 Å². The number of piperazine rings is 1. The van der Waals surface area contributed by atoms with Crippen molar-refractivity contribution in [3.63, 3.8) is 0 Å². The van der Waals surface area contributed by atoms with Gasteiger partial charge in [-0.1, -0.05) is 11.3 Å². The largest absolute Gasteiger partial charge is 0.474 e. The molecule has 186 valence electrons. The first-order valence-corrected chi connectivity index (χ1v) is 12.4. The molecule has 4 rings (SSSR count). The molecule has 1 aromatic heterocycles. The minimum atomic E-state index is -3.76. The highest BCUT2D eigenvalue weighted by Crippen LogP contribution is 2.28. The number of nitrogens with zero attached hydrogens (tertiary/aromatic N) is 5. The van der Waals surface area contributed by atoms with Crippen LogP contribution in [0.15, 0.2) is 47.5 Å². The van der Waals surface area contributed by atoms with Crippen LogP contribution < -0.4 is 16.0 Å². The summed E-state index contributed by atoms with van der Waals surface area (Å²) in [6.07, 6.45) is 1.51. The molecule has 0 atom stereocenters. The molecule has 0 spiro atoms. The van der Waals surface area contributed by atoms with Gasteiger partial charge in [0.25, 0.3) is 5.17 Å². The number of thiocarbonyl (C=S) groups is 1. The van der Waals surface area contributed by atoms with E-state index >= 15 is 0 Å². The van der Waals surface area contributed by atoms with Crippen LogP contribution in [-0.2, 0) is 21.3 Å². The van der Waals surface area contributed by atoms with Gasteiger partial charge in [0.15, 0.2) is 11.6 Å². The smallest absolute Gasteiger partial charge is 0.256 e. The first-order valence-electron chi connectivity index (χ1n) is 10.5. The van der Waals surface area contributed by atoms with Crippen molar-refractivity contribution in [2.24, 2.45) is 0 Å². The topological polar surface area (TPSA) is 119 Å². The average Bonchev–Trinajstić information content (AvgIpc) is 3.31. The Morgan fingerprint density at radius 2 is 1.86 bits per heavy atom. The number of nitrogen functional groups attached to an aromatic ring is 1. The number of aromatic nitrogens is 3. The van der Waals surface area contributed by atoms with Crippen molar-refractivity contribution in [2.75, 3.05) is 43.9 Å². The van der Waals surface area contributed by atoms with Crippen molar-refractivity contribution in [1.82, 2.24) is 24.6 Å². The van der Waals surface area contributed by atoms with Crippen LogP contribution in [0.1, 0.15) is 5.69 Å². The molecule has 0 unspecified atom stereocenters. The van der Waals surface area contributed by atoms with Gasteiger partial charge in [0, 0.05) is 44.0 Å². The van der Waals surface area contributed by atoms with Crippen LogP contribution in [-0.4, -0.2) is 66.2 Å². The maximum Gasteiger partial charge on any atom is 0.256 e. The predicted octanol–water partition coefficient (Wildman–Crippen LogP) is 1.66. The van der Waals surface area contributed by atoms with Crippen molar-refractivity contribution in [3.8, 4) is 5.69 Å². The van der Waals surface area contributed by atoms with Gasteiger partial charge < -0.3 is 20.7 Å². The van der Waals surface area contributed by atoms with E-state index in [1.807, 2.05) is 0 Å². The molecule has 2 heterocycles. The second-order valence-electron chi connectivity index (χ2n) is 7.72. The third kappa shape index (κ3) is 5.33. The zero-order valence-electron chi connectivity index (χ0n) is 18.7. The SMILES string of the molecule is COC(=S)NCc1cn(-c2cc(F)c(N3CCN(S(=O)(=O)c4cccc(N)c4)CC3)c(F)c2)nn1. The van der Waals surface area contributed by atoms with E-state index in [-0.39, 0.29) is 54.2 Å². The van der Waals surface area contributed by atoms with E-state index in [9.17, 15) is 17.2 Å². The second kappa shape index (κ2) is 10.1. The second-order valence-corrected chi connectivity index (χ2v) is 10.0. The van der Waals surface area contributed by atoms with E-state index in [1.165, 1.54) is 39.3 Å². The average molecular weight is 524 g/mol. The molecule has 0 bridgehead atoms. The number of anilines is 2. The summed E-state index contributed by atoms with van der Waals surface area (Å²) in [6, 6.07) is 8.32. The summed E-state index contributed by atoms with van der Waals surface area (Å²) in [5, 5.41) is 10.8. The summed E-state index contributed by atoms with van der Waals surface area (Å²) >= 11 is 4.89. The van der Waals surface area contributed by atoms with Gasteiger partial charge >= 0.3 is 0 Å². The fraction of sp³-hybridized carbons (Fsp3) is 0.286. The number of benzene rings is 2. The Labute approximate surface area is 206 Å². The number of rotatable bonds is 6. The van der Waals surface area contributed by atoms with Crippen LogP contribution in [0.5, 0.6) is 0 Å². The van der Waals surface area contributed by atoms with Gasteiger partial charge in [-0.15, -0.1) is 5.10 Å².